The molecular weight excluding hydrogens is 376 g/mol. The molecule has 0 radical (unpaired) electrons. The molecule has 0 spiro atoms. The van der Waals surface area contributed by atoms with Crippen LogP contribution in [0.4, 0.5) is 23.4 Å². The van der Waals surface area contributed by atoms with Crippen molar-refractivity contribution in [3.8, 4) is 0 Å². The van der Waals surface area contributed by atoms with E-state index in [1.165, 1.54) is 6.07 Å². The van der Waals surface area contributed by atoms with Gasteiger partial charge in [-0.15, -0.1) is 0 Å². The molecule has 1 N–H and O–H groups in total. The number of hydrogen-bond donors (Lipinski definition) is 1. The predicted octanol–water partition coefficient (Wildman–Crippen LogP) is 4.36. The zero-order chi connectivity index (χ0) is 19.1. The molecule has 0 aliphatic rings. The van der Waals surface area contributed by atoms with Gasteiger partial charge in [0.05, 0.1) is 22.5 Å². The Bertz CT molecular complexity index is 983. The van der Waals surface area contributed by atoms with Gasteiger partial charge < -0.3 is 5.32 Å². The smallest absolute Gasteiger partial charge is 0.305 e. The highest BCUT2D eigenvalue weighted by molar-refractivity contribution is 6.33. The predicted molar refractivity (Wildman–Crippen MR) is 86.7 cm³/mol. The van der Waals surface area contributed by atoms with Crippen LogP contribution in [-0.2, 0) is 12.6 Å². The highest BCUT2D eigenvalue weighted by atomic mass is 35.5. The van der Waals surface area contributed by atoms with Crippen LogP contribution in [0.2, 0.25) is 5.02 Å². The molecule has 0 bridgehead atoms. The normalized spacial score (nSPS) is 11.8. The number of rotatable bonds is 3. The van der Waals surface area contributed by atoms with Crippen LogP contribution in [0.15, 0.2) is 30.6 Å². The molecule has 0 fully saturated rings. The van der Waals surface area contributed by atoms with Crippen molar-refractivity contribution in [2.45, 2.75) is 19.5 Å². The fraction of sp³-hybridized carbons (Fsp3) is 0.188. The Kier molecular flexibility index (Phi) is 4.57. The molecule has 0 unspecified atom stereocenters. The number of carbonyl (C=O) groups is 1. The summed E-state index contributed by atoms with van der Waals surface area (Å²) in [6.45, 7) is 1.70. The van der Waals surface area contributed by atoms with Gasteiger partial charge in [0.25, 0.3) is 5.91 Å². The number of amides is 1. The molecule has 0 saturated carbocycles. The van der Waals surface area contributed by atoms with E-state index < -0.39 is 23.5 Å². The first kappa shape index (κ1) is 18.1. The number of nitrogens with zero attached hydrogens (tertiary/aromatic N) is 3. The summed E-state index contributed by atoms with van der Waals surface area (Å²) in [6.07, 6.45) is -2.68. The molecule has 0 saturated heterocycles. The fourth-order valence-corrected chi connectivity index (χ4v) is 2.67. The monoisotopic (exact) mass is 386 g/mol. The average Bonchev–Trinajstić information content (AvgIpc) is 2.95. The third-order valence-electron chi connectivity index (χ3n) is 3.59. The van der Waals surface area contributed by atoms with Gasteiger partial charge in [0.2, 0.25) is 0 Å². The van der Waals surface area contributed by atoms with Crippen LogP contribution < -0.4 is 5.32 Å². The first-order chi connectivity index (χ1) is 12.2. The lowest BCUT2D eigenvalue weighted by Crippen LogP contribution is -2.18. The van der Waals surface area contributed by atoms with Crippen LogP contribution in [0.5, 0.6) is 0 Å². The number of fused-ring (bicyclic) bond motifs is 1. The minimum absolute atomic E-state index is 0.0359. The van der Waals surface area contributed by atoms with E-state index in [-0.39, 0.29) is 27.9 Å². The molecular formula is C16H11ClF4N4O. The molecule has 136 valence electrons. The van der Waals surface area contributed by atoms with E-state index in [4.69, 9.17) is 11.6 Å². The Morgan fingerprint density at radius 2 is 2.08 bits per heavy atom. The minimum atomic E-state index is -4.64. The molecule has 26 heavy (non-hydrogen) atoms. The molecule has 3 heterocycles. The second kappa shape index (κ2) is 6.56. The SMILES string of the molecule is CCc1nc2c(Cl)cc(C(F)(F)F)cn2c1C(=O)Nc1ccc(F)cn1. The van der Waals surface area contributed by atoms with E-state index in [2.05, 4.69) is 15.3 Å². The van der Waals surface area contributed by atoms with Gasteiger partial charge in [-0.1, -0.05) is 18.5 Å². The number of pyridine rings is 2. The summed E-state index contributed by atoms with van der Waals surface area (Å²) in [6, 6.07) is 3.08. The summed E-state index contributed by atoms with van der Waals surface area (Å²) in [5.74, 6) is -1.27. The van der Waals surface area contributed by atoms with Crippen LogP contribution in [0, 0.1) is 5.82 Å². The van der Waals surface area contributed by atoms with Crippen molar-refractivity contribution in [3.63, 3.8) is 0 Å². The lowest BCUT2D eigenvalue weighted by atomic mass is 10.2. The van der Waals surface area contributed by atoms with Gasteiger partial charge in [0.1, 0.15) is 17.3 Å². The molecule has 0 atom stereocenters. The first-order valence-corrected chi connectivity index (χ1v) is 7.79. The van der Waals surface area contributed by atoms with Gasteiger partial charge in [-0.3, -0.25) is 9.20 Å². The molecule has 3 rings (SSSR count). The molecule has 10 heteroatoms. The summed E-state index contributed by atoms with van der Waals surface area (Å²) in [7, 11) is 0. The number of imidazole rings is 1. The van der Waals surface area contributed by atoms with Crippen molar-refractivity contribution in [1.82, 2.24) is 14.4 Å². The molecule has 3 aromatic heterocycles. The van der Waals surface area contributed by atoms with E-state index in [1.807, 2.05) is 0 Å². The van der Waals surface area contributed by atoms with Gasteiger partial charge in [-0.05, 0) is 24.6 Å². The summed E-state index contributed by atoms with van der Waals surface area (Å²) in [4.78, 5) is 20.4. The molecule has 1 amide bonds. The van der Waals surface area contributed by atoms with E-state index in [0.717, 1.165) is 28.9 Å². The summed E-state index contributed by atoms with van der Waals surface area (Å²) in [5.41, 5.74) is -0.801. The first-order valence-electron chi connectivity index (χ1n) is 7.41. The Hall–Kier alpha value is -2.68. The van der Waals surface area contributed by atoms with Crippen molar-refractivity contribution < 1.29 is 22.4 Å². The molecule has 0 aromatic carbocycles. The third kappa shape index (κ3) is 3.34. The number of halogens is 5. The lowest BCUT2D eigenvalue weighted by Gasteiger charge is -2.10. The van der Waals surface area contributed by atoms with Crippen molar-refractivity contribution in [1.29, 1.82) is 0 Å². The highest BCUT2D eigenvalue weighted by Gasteiger charge is 2.33. The van der Waals surface area contributed by atoms with E-state index >= 15 is 0 Å². The zero-order valence-corrected chi connectivity index (χ0v) is 14.0. The Labute approximate surface area is 149 Å². The van der Waals surface area contributed by atoms with Crippen LogP contribution in [0.25, 0.3) is 5.65 Å². The van der Waals surface area contributed by atoms with Crippen molar-refractivity contribution in [2.75, 3.05) is 5.32 Å². The van der Waals surface area contributed by atoms with Gasteiger partial charge >= 0.3 is 6.18 Å². The topological polar surface area (TPSA) is 59.3 Å². The number of anilines is 1. The second-order valence-electron chi connectivity index (χ2n) is 5.34. The van der Waals surface area contributed by atoms with Crippen LogP contribution >= 0.6 is 11.6 Å². The van der Waals surface area contributed by atoms with Crippen LogP contribution in [0.1, 0.15) is 28.7 Å². The second-order valence-corrected chi connectivity index (χ2v) is 5.75. The van der Waals surface area contributed by atoms with Crippen LogP contribution in [-0.4, -0.2) is 20.3 Å². The largest absolute Gasteiger partial charge is 0.417 e. The molecule has 0 aliphatic carbocycles. The number of nitrogens with one attached hydrogen (secondary N) is 1. The summed E-state index contributed by atoms with van der Waals surface area (Å²) in [5, 5.41) is 2.19. The standard InChI is InChI=1S/C16H11ClF4N4O/c1-2-11-13(15(26)24-12-4-3-9(18)6-22-12)25-7-8(16(19,20)21)5-10(17)14(25)23-11/h3-7H,2H2,1H3,(H,22,24,26). The third-order valence-corrected chi connectivity index (χ3v) is 3.87. The summed E-state index contributed by atoms with van der Waals surface area (Å²) >= 11 is 5.92. The highest BCUT2D eigenvalue weighted by Crippen LogP contribution is 2.33. The number of hydrogen-bond acceptors (Lipinski definition) is 3. The molecule has 0 aliphatic heterocycles. The van der Waals surface area contributed by atoms with Crippen molar-refractivity contribution in [3.05, 3.63) is 58.4 Å². The quantitative estimate of drug-likeness (QED) is 0.681. The van der Waals surface area contributed by atoms with Gasteiger partial charge in [-0.2, -0.15) is 13.2 Å². The zero-order valence-electron chi connectivity index (χ0n) is 13.2. The number of carbonyl (C=O) groups excluding carboxylic acids is 1. The van der Waals surface area contributed by atoms with Gasteiger partial charge in [0, 0.05) is 6.20 Å². The molecule has 3 aromatic rings. The molecule has 5 nitrogen and oxygen atoms in total. The minimum Gasteiger partial charge on any atom is -0.305 e. The van der Waals surface area contributed by atoms with Gasteiger partial charge in [-0.25, -0.2) is 14.4 Å². The number of alkyl halides is 3. The van der Waals surface area contributed by atoms with E-state index in [1.54, 1.807) is 6.92 Å². The van der Waals surface area contributed by atoms with E-state index in [9.17, 15) is 22.4 Å². The maximum absolute atomic E-state index is 13.1. The van der Waals surface area contributed by atoms with Crippen molar-refractivity contribution in [2.24, 2.45) is 0 Å². The lowest BCUT2D eigenvalue weighted by molar-refractivity contribution is -0.137. The number of aromatic nitrogens is 3. The Morgan fingerprint density at radius 3 is 2.65 bits per heavy atom. The maximum atomic E-state index is 13.1. The van der Waals surface area contributed by atoms with E-state index in [0.29, 0.717) is 6.42 Å². The van der Waals surface area contributed by atoms with Crippen LogP contribution in [0.3, 0.4) is 0 Å². The van der Waals surface area contributed by atoms with Crippen molar-refractivity contribution >= 4 is 29.0 Å². The average molecular weight is 387 g/mol. The Morgan fingerprint density at radius 1 is 1.35 bits per heavy atom. The fourth-order valence-electron chi connectivity index (χ4n) is 2.42. The Balaban J connectivity index is 2.12. The van der Waals surface area contributed by atoms with Gasteiger partial charge in [0.15, 0.2) is 5.65 Å². The number of aryl methyl sites for hydroxylation is 1. The maximum Gasteiger partial charge on any atom is 0.417 e. The summed E-state index contributed by atoms with van der Waals surface area (Å²) < 4.78 is 53.1.